The molecule has 2 N–H and O–H groups in total. The van der Waals surface area contributed by atoms with Gasteiger partial charge in [-0.1, -0.05) is 55.4 Å². The minimum Gasteiger partial charge on any atom is -0.510 e. The van der Waals surface area contributed by atoms with Crippen molar-refractivity contribution >= 4 is 0 Å². The van der Waals surface area contributed by atoms with Gasteiger partial charge >= 0.3 is 0 Å². The Balaban J connectivity index is 1.56. The van der Waals surface area contributed by atoms with E-state index in [2.05, 4.69) is 61.5 Å². The third-order valence-corrected chi connectivity index (χ3v) is 13.2. The molecular weight excluding hydrogens is 392 g/mol. The van der Waals surface area contributed by atoms with E-state index < -0.39 is 6.10 Å². The molecule has 0 saturated heterocycles. The molecule has 0 amide bonds. The second-order valence-corrected chi connectivity index (χ2v) is 15.5. The van der Waals surface area contributed by atoms with Crippen molar-refractivity contribution in [2.45, 2.75) is 119 Å². The van der Waals surface area contributed by atoms with E-state index >= 15 is 0 Å². The quantitative estimate of drug-likeness (QED) is 0.400. The van der Waals surface area contributed by atoms with Crippen molar-refractivity contribution in [2.75, 3.05) is 0 Å². The van der Waals surface area contributed by atoms with Crippen LogP contribution in [0.2, 0.25) is 0 Å². The third kappa shape index (κ3) is 2.74. The number of aliphatic hydroxyl groups is 2. The molecule has 5 rings (SSSR count). The maximum atomic E-state index is 10.8. The Kier molecular flexibility index (Phi) is 4.78. The largest absolute Gasteiger partial charge is 0.510 e. The van der Waals surface area contributed by atoms with E-state index in [-0.39, 0.29) is 16.6 Å². The Labute approximate surface area is 197 Å². The zero-order chi connectivity index (χ0) is 23.5. The van der Waals surface area contributed by atoms with E-state index in [9.17, 15) is 10.2 Å². The molecule has 0 heterocycles. The van der Waals surface area contributed by atoms with E-state index in [0.29, 0.717) is 33.5 Å². The van der Waals surface area contributed by atoms with Crippen LogP contribution in [0.15, 0.2) is 11.8 Å². The van der Waals surface area contributed by atoms with Gasteiger partial charge in [-0.15, -0.1) is 0 Å². The summed E-state index contributed by atoms with van der Waals surface area (Å²) in [5.74, 6) is 2.95. The van der Waals surface area contributed by atoms with Crippen molar-refractivity contribution in [3.63, 3.8) is 0 Å². The van der Waals surface area contributed by atoms with Crippen LogP contribution in [0.5, 0.6) is 0 Å². The van der Waals surface area contributed by atoms with Crippen molar-refractivity contribution in [1.82, 2.24) is 0 Å². The first kappa shape index (κ1) is 23.3. The average Bonchev–Trinajstić information content (AvgIpc) is 2.68. The standard InChI is InChI=1S/C30H50O2/c1-25(2)13-14-27(5)15-16-29(7)19(20(27)17-25)9-10-23-28(6)18-21(31)24(32)26(3,4)22(28)11-12-30(23,29)8/h18-20,22-24,31-32H,9-17H2,1-8H3/t19-,20+,22+,23-,24+,27-,28+,29-,30-/m1/s1. The van der Waals surface area contributed by atoms with E-state index in [4.69, 9.17) is 0 Å². The van der Waals surface area contributed by atoms with Crippen LogP contribution in [-0.2, 0) is 0 Å². The molecule has 0 aromatic carbocycles. The SMILES string of the molecule is CC1(C)CC[C@]2(C)CC[C@]3(C)[C@H](CC[C@@H]4[C@@]5(C)C=C(O)[C@H](O)C(C)(C)[C@@H]5CC[C@]43C)[C@@H]2C1. The van der Waals surface area contributed by atoms with Crippen molar-refractivity contribution in [3.8, 4) is 0 Å². The summed E-state index contributed by atoms with van der Waals surface area (Å²) in [5, 5.41) is 21.7. The molecule has 2 nitrogen and oxygen atoms in total. The van der Waals surface area contributed by atoms with Gasteiger partial charge in [0.1, 0.15) is 11.9 Å². The van der Waals surface area contributed by atoms with Crippen LogP contribution < -0.4 is 0 Å². The van der Waals surface area contributed by atoms with Crippen LogP contribution in [0.3, 0.4) is 0 Å². The summed E-state index contributed by atoms with van der Waals surface area (Å²) in [5.41, 5.74) is 1.41. The van der Waals surface area contributed by atoms with Crippen LogP contribution in [0.25, 0.3) is 0 Å². The van der Waals surface area contributed by atoms with Crippen LogP contribution in [-0.4, -0.2) is 16.3 Å². The molecule has 0 aromatic heterocycles. The molecule has 182 valence electrons. The maximum Gasteiger partial charge on any atom is 0.118 e. The van der Waals surface area contributed by atoms with E-state index in [1.807, 2.05) is 0 Å². The fourth-order valence-electron chi connectivity index (χ4n) is 11.0. The van der Waals surface area contributed by atoms with Crippen molar-refractivity contribution in [3.05, 3.63) is 11.8 Å². The predicted octanol–water partition coefficient (Wildman–Crippen LogP) is 7.91. The Morgan fingerprint density at radius 3 is 2.06 bits per heavy atom. The number of hydrogen-bond donors (Lipinski definition) is 2. The van der Waals surface area contributed by atoms with Gasteiger partial charge in [-0.2, -0.15) is 0 Å². The molecule has 0 aromatic rings. The van der Waals surface area contributed by atoms with E-state index in [0.717, 1.165) is 11.8 Å². The monoisotopic (exact) mass is 442 g/mol. The minimum atomic E-state index is -0.725. The lowest BCUT2D eigenvalue weighted by Gasteiger charge is -2.73. The highest BCUT2D eigenvalue weighted by molar-refractivity contribution is 5.26. The summed E-state index contributed by atoms with van der Waals surface area (Å²) in [7, 11) is 0. The van der Waals surface area contributed by atoms with Gasteiger partial charge in [-0.05, 0) is 115 Å². The van der Waals surface area contributed by atoms with Gasteiger partial charge < -0.3 is 10.2 Å². The summed E-state index contributed by atoms with van der Waals surface area (Å²) in [6.45, 7) is 19.8. The highest BCUT2D eigenvalue weighted by Gasteiger charge is 2.69. The van der Waals surface area contributed by atoms with Crippen LogP contribution in [0, 0.1) is 56.2 Å². The molecule has 4 saturated carbocycles. The molecular formula is C30H50O2. The second-order valence-electron chi connectivity index (χ2n) is 15.5. The zero-order valence-electron chi connectivity index (χ0n) is 22.2. The second kappa shape index (κ2) is 6.58. The lowest BCUT2D eigenvalue weighted by Crippen LogP contribution is -2.66. The summed E-state index contributed by atoms with van der Waals surface area (Å²) >= 11 is 0. The van der Waals surface area contributed by atoms with Crippen LogP contribution in [0.1, 0.15) is 113 Å². The molecule has 0 aliphatic heterocycles. The summed E-state index contributed by atoms with van der Waals surface area (Å²) in [6, 6.07) is 0. The highest BCUT2D eigenvalue weighted by Crippen LogP contribution is 2.76. The molecule has 9 atom stereocenters. The Morgan fingerprint density at radius 2 is 1.38 bits per heavy atom. The molecule has 0 unspecified atom stereocenters. The summed E-state index contributed by atoms with van der Waals surface area (Å²) in [4.78, 5) is 0. The Morgan fingerprint density at radius 1 is 0.719 bits per heavy atom. The lowest BCUT2D eigenvalue weighted by molar-refractivity contribution is -0.234. The third-order valence-electron chi connectivity index (χ3n) is 13.2. The first-order valence-corrected chi connectivity index (χ1v) is 13.7. The number of allylic oxidation sites excluding steroid dienone is 1. The van der Waals surface area contributed by atoms with E-state index in [1.165, 1.54) is 57.8 Å². The molecule has 0 bridgehead atoms. The maximum absolute atomic E-state index is 10.8. The topological polar surface area (TPSA) is 40.5 Å². The number of hydrogen-bond acceptors (Lipinski definition) is 2. The van der Waals surface area contributed by atoms with Gasteiger partial charge in [0.15, 0.2) is 0 Å². The average molecular weight is 443 g/mol. The summed E-state index contributed by atoms with van der Waals surface area (Å²) < 4.78 is 0. The zero-order valence-corrected chi connectivity index (χ0v) is 22.2. The van der Waals surface area contributed by atoms with Crippen LogP contribution >= 0.6 is 0 Å². The van der Waals surface area contributed by atoms with Crippen molar-refractivity contribution in [1.29, 1.82) is 0 Å². The van der Waals surface area contributed by atoms with Gasteiger partial charge in [0, 0.05) is 5.41 Å². The Hall–Kier alpha value is -0.500. The molecule has 5 aliphatic rings. The van der Waals surface area contributed by atoms with Gasteiger partial charge in [-0.3, -0.25) is 0 Å². The highest BCUT2D eigenvalue weighted by atomic mass is 16.3. The Bertz CT molecular complexity index is 825. The molecule has 32 heavy (non-hydrogen) atoms. The van der Waals surface area contributed by atoms with Gasteiger partial charge in [-0.25, -0.2) is 0 Å². The predicted molar refractivity (Wildman–Crippen MR) is 132 cm³/mol. The van der Waals surface area contributed by atoms with Crippen molar-refractivity contribution in [2.24, 2.45) is 56.2 Å². The molecule has 0 spiro atoms. The fourth-order valence-corrected chi connectivity index (χ4v) is 11.0. The van der Waals surface area contributed by atoms with Crippen molar-refractivity contribution < 1.29 is 10.2 Å². The first-order chi connectivity index (χ1) is 14.6. The summed E-state index contributed by atoms with van der Waals surface area (Å²) in [6.07, 6.45) is 13.5. The van der Waals surface area contributed by atoms with Gasteiger partial charge in [0.2, 0.25) is 0 Å². The van der Waals surface area contributed by atoms with Gasteiger partial charge in [0.25, 0.3) is 0 Å². The lowest BCUT2D eigenvalue weighted by atomic mass is 9.32. The smallest absolute Gasteiger partial charge is 0.118 e. The molecule has 0 radical (unpaired) electrons. The molecule has 4 fully saturated rings. The van der Waals surface area contributed by atoms with Gasteiger partial charge in [0.05, 0.1) is 0 Å². The van der Waals surface area contributed by atoms with Crippen LogP contribution in [0.4, 0.5) is 0 Å². The van der Waals surface area contributed by atoms with E-state index in [1.54, 1.807) is 0 Å². The minimum absolute atomic E-state index is 0.0274. The first-order valence-electron chi connectivity index (χ1n) is 13.7. The number of rotatable bonds is 0. The fraction of sp³-hybridized carbons (Fsp3) is 0.933. The normalized spacial score (nSPS) is 56.2. The number of fused-ring (bicyclic) bond motifs is 7. The number of aliphatic hydroxyl groups excluding tert-OH is 2. The molecule has 2 heteroatoms. The molecule has 5 aliphatic carbocycles.